The van der Waals surface area contributed by atoms with Crippen molar-refractivity contribution in [3.8, 4) is 11.5 Å². The van der Waals surface area contributed by atoms with Crippen molar-refractivity contribution in [1.82, 2.24) is 10.2 Å². The van der Waals surface area contributed by atoms with Crippen molar-refractivity contribution >= 4 is 5.91 Å². The summed E-state index contributed by atoms with van der Waals surface area (Å²) in [7, 11) is 1.55. The zero-order valence-electron chi connectivity index (χ0n) is 11.6. The van der Waals surface area contributed by atoms with Crippen LogP contribution in [0.15, 0.2) is 18.2 Å². The lowest BCUT2D eigenvalue weighted by molar-refractivity contribution is 0.0782. The number of carbonyl (C=O) groups is 1. The summed E-state index contributed by atoms with van der Waals surface area (Å²) in [6.45, 7) is 2.53. The largest absolute Gasteiger partial charge is 0.507 e. The van der Waals surface area contributed by atoms with E-state index in [0.29, 0.717) is 23.3 Å². The van der Waals surface area contributed by atoms with E-state index in [0.717, 1.165) is 19.6 Å². The van der Waals surface area contributed by atoms with Gasteiger partial charge in [0.25, 0.3) is 5.91 Å². The number of ether oxygens (including phenoxy) is 1. The van der Waals surface area contributed by atoms with Crippen LogP contribution in [0.5, 0.6) is 11.5 Å². The fraction of sp³-hybridized carbons (Fsp3) is 0.533. The molecular formula is C15H20N2O3. The fourth-order valence-electron chi connectivity index (χ4n) is 3.20. The highest BCUT2D eigenvalue weighted by Crippen LogP contribution is 2.29. The monoisotopic (exact) mass is 276 g/mol. The molecule has 2 heterocycles. The van der Waals surface area contributed by atoms with Gasteiger partial charge in [-0.05, 0) is 43.5 Å². The van der Waals surface area contributed by atoms with Gasteiger partial charge >= 0.3 is 0 Å². The van der Waals surface area contributed by atoms with Gasteiger partial charge in [-0.15, -0.1) is 0 Å². The van der Waals surface area contributed by atoms with Gasteiger partial charge < -0.3 is 20.1 Å². The van der Waals surface area contributed by atoms with E-state index in [1.165, 1.54) is 18.9 Å². The Bertz CT molecular complexity index is 504. The van der Waals surface area contributed by atoms with Crippen molar-refractivity contribution in [3.63, 3.8) is 0 Å². The van der Waals surface area contributed by atoms with Crippen LogP contribution in [0.25, 0.3) is 0 Å². The van der Waals surface area contributed by atoms with Crippen molar-refractivity contribution in [2.45, 2.75) is 18.9 Å². The molecule has 5 heteroatoms. The van der Waals surface area contributed by atoms with E-state index >= 15 is 0 Å². The van der Waals surface area contributed by atoms with Gasteiger partial charge in [-0.3, -0.25) is 4.79 Å². The van der Waals surface area contributed by atoms with E-state index in [9.17, 15) is 9.90 Å². The summed E-state index contributed by atoms with van der Waals surface area (Å²) >= 11 is 0. The molecule has 1 aromatic carbocycles. The van der Waals surface area contributed by atoms with Crippen molar-refractivity contribution in [2.75, 3.05) is 26.7 Å². The number of fused-ring (bicyclic) bond motifs is 1. The number of phenolic OH excluding ortho intramolecular Hbond substituents is 1. The quantitative estimate of drug-likeness (QED) is 0.853. The van der Waals surface area contributed by atoms with Crippen molar-refractivity contribution in [2.24, 2.45) is 5.92 Å². The van der Waals surface area contributed by atoms with Crippen LogP contribution < -0.4 is 10.1 Å². The lowest BCUT2D eigenvalue weighted by Crippen LogP contribution is -2.41. The maximum atomic E-state index is 12.6. The van der Waals surface area contributed by atoms with Gasteiger partial charge in [-0.1, -0.05) is 0 Å². The molecular weight excluding hydrogens is 256 g/mol. The number of carbonyl (C=O) groups excluding carboxylic acids is 1. The van der Waals surface area contributed by atoms with E-state index in [1.807, 2.05) is 4.90 Å². The highest BCUT2D eigenvalue weighted by molar-refractivity contribution is 5.97. The van der Waals surface area contributed by atoms with Crippen LogP contribution in [0.1, 0.15) is 23.2 Å². The standard InChI is InChI=1S/C15H20N2O3/c1-20-11-4-5-14(18)12(7-11)15(19)17-8-10-3-2-6-16-13(10)9-17/h4-5,7,10,13,16,18H,2-3,6,8-9H2,1H3/t10-,13+/m0/s1. The molecule has 0 radical (unpaired) electrons. The summed E-state index contributed by atoms with van der Waals surface area (Å²) < 4.78 is 5.12. The number of aromatic hydroxyl groups is 1. The number of rotatable bonds is 2. The molecule has 0 unspecified atom stereocenters. The Morgan fingerprint density at radius 1 is 1.45 bits per heavy atom. The zero-order valence-corrected chi connectivity index (χ0v) is 11.6. The second-order valence-electron chi connectivity index (χ2n) is 5.56. The van der Waals surface area contributed by atoms with Crippen molar-refractivity contribution < 1.29 is 14.6 Å². The lowest BCUT2D eigenvalue weighted by Gasteiger charge is -2.24. The topological polar surface area (TPSA) is 61.8 Å². The van der Waals surface area contributed by atoms with Crippen LogP contribution in [0.3, 0.4) is 0 Å². The number of nitrogens with one attached hydrogen (secondary N) is 1. The Kier molecular flexibility index (Phi) is 3.53. The number of likely N-dealkylation sites (tertiary alicyclic amines) is 1. The van der Waals surface area contributed by atoms with Crippen LogP contribution in [0.2, 0.25) is 0 Å². The second kappa shape index (κ2) is 5.32. The number of benzene rings is 1. The minimum atomic E-state index is -0.113. The van der Waals surface area contributed by atoms with Gasteiger partial charge in [0.1, 0.15) is 11.5 Å². The average molecular weight is 276 g/mol. The molecule has 20 heavy (non-hydrogen) atoms. The Morgan fingerprint density at radius 2 is 2.30 bits per heavy atom. The van der Waals surface area contributed by atoms with Gasteiger partial charge in [0.05, 0.1) is 12.7 Å². The number of piperidine rings is 1. The molecule has 0 aromatic heterocycles. The van der Waals surface area contributed by atoms with Crippen LogP contribution >= 0.6 is 0 Å². The summed E-state index contributed by atoms with van der Waals surface area (Å²) in [4.78, 5) is 14.4. The minimum absolute atomic E-state index is 0.0126. The van der Waals surface area contributed by atoms with Crippen LogP contribution in [0.4, 0.5) is 0 Å². The number of methoxy groups -OCH3 is 1. The third-order valence-electron chi connectivity index (χ3n) is 4.32. The third kappa shape index (κ3) is 2.33. The van der Waals surface area contributed by atoms with Gasteiger partial charge in [-0.25, -0.2) is 0 Å². The molecule has 5 nitrogen and oxygen atoms in total. The molecule has 0 aliphatic carbocycles. The zero-order chi connectivity index (χ0) is 14.1. The first-order chi connectivity index (χ1) is 9.69. The normalized spacial score (nSPS) is 25.4. The fourth-order valence-corrected chi connectivity index (χ4v) is 3.20. The molecule has 1 aromatic rings. The smallest absolute Gasteiger partial charge is 0.257 e. The summed E-state index contributed by atoms with van der Waals surface area (Å²) in [5, 5.41) is 13.4. The van der Waals surface area contributed by atoms with Gasteiger partial charge in [0.2, 0.25) is 0 Å². The predicted octanol–water partition coefficient (Wildman–Crippen LogP) is 1.22. The first-order valence-corrected chi connectivity index (χ1v) is 7.08. The molecule has 0 spiro atoms. The molecule has 0 bridgehead atoms. The van der Waals surface area contributed by atoms with E-state index in [4.69, 9.17) is 4.74 Å². The maximum absolute atomic E-state index is 12.6. The van der Waals surface area contributed by atoms with E-state index in [1.54, 1.807) is 19.2 Å². The average Bonchev–Trinajstić information content (AvgIpc) is 2.91. The van der Waals surface area contributed by atoms with Crippen LogP contribution in [-0.2, 0) is 0 Å². The number of amides is 1. The SMILES string of the molecule is COc1ccc(O)c(C(=O)N2C[C@@H]3CCCN[C@@H]3C2)c1. The third-order valence-corrected chi connectivity index (χ3v) is 4.32. The molecule has 2 aliphatic heterocycles. The van der Waals surface area contributed by atoms with Gasteiger partial charge in [0, 0.05) is 19.1 Å². The molecule has 2 aliphatic rings. The highest BCUT2D eigenvalue weighted by atomic mass is 16.5. The number of phenols is 1. The minimum Gasteiger partial charge on any atom is -0.507 e. The van der Waals surface area contributed by atoms with Crippen molar-refractivity contribution in [3.05, 3.63) is 23.8 Å². The Hall–Kier alpha value is -1.75. The molecule has 3 rings (SSSR count). The molecule has 2 N–H and O–H groups in total. The first-order valence-electron chi connectivity index (χ1n) is 7.08. The van der Waals surface area contributed by atoms with E-state index in [-0.39, 0.29) is 11.7 Å². The van der Waals surface area contributed by atoms with Crippen LogP contribution in [0, 0.1) is 5.92 Å². The lowest BCUT2D eigenvalue weighted by atomic mass is 9.94. The first kappa shape index (κ1) is 13.2. The van der Waals surface area contributed by atoms with Gasteiger partial charge in [0.15, 0.2) is 0 Å². The number of hydrogen-bond donors (Lipinski definition) is 2. The van der Waals surface area contributed by atoms with E-state index in [2.05, 4.69) is 5.32 Å². The summed E-state index contributed by atoms with van der Waals surface area (Å²) in [6.07, 6.45) is 2.35. The van der Waals surface area contributed by atoms with Gasteiger partial charge in [-0.2, -0.15) is 0 Å². The van der Waals surface area contributed by atoms with Crippen LogP contribution in [-0.4, -0.2) is 48.7 Å². The molecule has 2 saturated heterocycles. The molecule has 0 saturated carbocycles. The Morgan fingerprint density at radius 3 is 3.05 bits per heavy atom. The number of nitrogens with zero attached hydrogens (tertiary/aromatic N) is 1. The Labute approximate surface area is 118 Å². The maximum Gasteiger partial charge on any atom is 0.257 e. The molecule has 1 amide bonds. The van der Waals surface area contributed by atoms with E-state index < -0.39 is 0 Å². The molecule has 2 fully saturated rings. The summed E-state index contributed by atoms with van der Waals surface area (Å²) in [6, 6.07) is 5.17. The summed E-state index contributed by atoms with van der Waals surface area (Å²) in [5.74, 6) is 1.03. The second-order valence-corrected chi connectivity index (χ2v) is 5.56. The highest BCUT2D eigenvalue weighted by Gasteiger charge is 2.37. The Balaban J connectivity index is 1.79. The number of hydrogen-bond acceptors (Lipinski definition) is 4. The molecule has 108 valence electrons. The summed E-state index contributed by atoms with van der Waals surface area (Å²) in [5.41, 5.74) is 0.322. The van der Waals surface area contributed by atoms with Crippen molar-refractivity contribution in [1.29, 1.82) is 0 Å². The molecule has 2 atom stereocenters. The predicted molar refractivity (Wildman–Crippen MR) is 75.1 cm³/mol.